The fourth-order valence-electron chi connectivity index (χ4n) is 12.7. The largest absolute Gasteiger partial charge is 0.461 e. The van der Waals surface area contributed by atoms with Crippen LogP contribution in [0.5, 0.6) is 12.0 Å². The van der Waals surface area contributed by atoms with Crippen molar-refractivity contribution in [2.24, 2.45) is 39.8 Å². The zero-order chi connectivity index (χ0) is 71.3. The number of halogens is 5. The molecule has 0 aliphatic carbocycles. The number of alkyl halides is 5. The highest BCUT2D eigenvalue weighted by atomic mass is 19.2. The summed E-state index contributed by atoms with van der Waals surface area (Å²) in [4.78, 5) is 109. The Hall–Kier alpha value is -8.65. The number of hydrogen-bond acceptors (Lipinski definition) is 22. The van der Waals surface area contributed by atoms with Crippen LogP contribution >= 0.6 is 0 Å². The molecule has 0 spiro atoms. The van der Waals surface area contributed by atoms with E-state index >= 15 is 0 Å². The fraction of sp³-hybridized carbons (Fsp3) is 0.655. The van der Waals surface area contributed by atoms with E-state index in [2.05, 4.69) is 35.0 Å². The van der Waals surface area contributed by atoms with Crippen LogP contribution in [0.4, 0.5) is 22.0 Å². The summed E-state index contributed by atoms with van der Waals surface area (Å²) in [5, 5.41) is 34.9. The number of fused-ring (bicyclic) bond motifs is 8. The summed E-state index contributed by atoms with van der Waals surface area (Å²) in [6.07, 6.45) is -3.79. The van der Waals surface area contributed by atoms with Crippen molar-refractivity contribution in [1.82, 2.24) is 47.8 Å². The van der Waals surface area contributed by atoms with Gasteiger partial charge in [0, 0.05) is 101 Å². The van der Waals surface area contributed by atoms with E-state index in [1.165, 1.54) is 59.8 Å². The van der Waals surface area contributed by atoms with Gasteiger partial charge < -0.3 is 48.5 Å². The molecule has 5 fully saturated rings. The van der Waals surface area contributed by atoms with Crippen molar-refractivity contribution in [2.45, 2.75) is 165 Å². The lowest BCUT2D eigenvalue weighted by atomic mass is 9.83. The summed E-state index contributed by atoms with van der Waals surface area (Å²) in [5.74, 6) is -2.67. The molecule has 5 aromatic rings. The van der Waals surface area contributed by atoms with Gasteiger partial charge in [0.1, 0.15) is 35.6 Å². The number of ether oxygens (including phenoxy) is 7. The molecule has 12 heterocycles. The second kappa shape index (κ2) is 30.0. The number of azide groups is 2. The first-order valence-electron chi connectivity index (χ1n) is 30.8. The van der Waals surface area contributed by atoms with Gasteiger partial charge in [-0.25, -0.2) is 36.3 Å². The van der Waals surface area contributed by atoms with Crippen LogP contribution in [0.3, 0.4) is 0 Å². The van der Waals surface area contributed by atoms with Crippen LogP contribution in [-0.4, -0.2) is 168 Å². The van der Waals surface area contributed by atoms with Crippen molar-refractivity contribution in [3.8, 4) is 12.0 Å². The van der Waals surface area contributed by atoms with Gasteiger partial charge in [-0.3, -0.25) is 61.8 Å². The highest BCUT2D eigenvalue weighted by molar-refractivity contribution is 5.13. The van der Waals surface area contributed by atoms with Crippen molar-refractivity contribution in [3.05, 3.63) is 165 Å². The average molecular weight is 1380 g/mol. The number of aliphatic hydroxyl groups is 3. The quantitative estimate of drug-likeness (QED) is 0.0427. The normalized spacial score (nSPS) is 32.6. The highest BCUT2D eigenvalue weighted by Crippen LogP contribution is 2.50. The van der Waals surface area contributed by atoms with E-state index in [-0.39, 0.29) is 50.2 Å². The molecule has 18 atom stereocenters. The van der Waals surface area contributed by atoms with Gasteiger partial charge in [0.15, 0.2) is 62.0 Å². The molecule has 0 unspecified atom stereocenters. The molecule has 4 bridgehead atoms. The van der Waals surface area contributed by atoms with Gasteiger partial charge in [0.05, 0.1) is 38.5 Å². The summed E-state index contributed by atoms with van der Waals surface area (Å²) >= 11 is 0. The van der Waals surface area contributed by atoms with E-state index < -0.39 is 172 Å². The molecule has 0 amide bonds. The van der Waals surface area contributed by atoms with E-state index in [4.69, 9.17) is 44.2 Å². The number of aromatic nitrogens is 10. The minimum absolute atomic E-state index is 0.0138. The molecule has 97 heavy (non-hydrogen) atoms. The van der Waals surface area contributed by atoms with E-state index in [1.807, 2.05) is 37.7 Å². The van der Waals surface area contributed by atoms with E-state index in [9.17, 15) is 75.6 Å². The Kier molecular flexibility index (Phi) is 22.9. The first-order valence-corrected chi connectivity index (χ1v) is 30.8. The Bertz CT molecular complexity index is 4110. The molecule has 5 saturated heterocycles. The van der Waals surface area contributed by atoms with Crippen LogP contribution < -0.4 is 54.3 Å². The SMILES string of the molecule is CCC1(CC)O[C@@H](n2ccc(=O)[nH]c2=O)[C@@H](F)[C@@H]1C.CC[C@]12COc3nc(=O)ccn3[C@H](O1)[C@@H](F)[C@@H]2C.C[C@H]1[C@H](F)[C@H](n2ccc(=O)[nH]c2=O)OC1(CO)CO.C[C@H]1[C@H](F)[C@H](n2ccc(=O)[nH]c2=O)O[C@@]1(CO)CN=[N+]=[N-].C[C@H]1[C@H](F)[C@H]2O[C@]1(CN=[N+]=[N-])COc1nc(=O)ccn12. The van der Waals surface area contributed by atoms with Crippen LogP contribution in [0.25, 0.3) is 20.9 Å². The number of aromatic amines is 3. The van der Waals surface area contributed by atoms with Crippen molar-refractivity contribution in [3.63, 3.8) is 0 Å². The van der Waals surface area contributed by atoms with E-state index in [0.717, 1.165) is 38.2 Å². The van der Waals surface area contributed by atoms with Gasteiger partial charge >= 0.3 is 29.1 Å². The molecular formula is C58H75F5N16O18. The molecule has 0 radical (unpaired) electrons. The predicted octanol–water partition coefficient (Wildman–Crippen LogP) is 2.92. The minimum Gasteiger partial charge on any atom is -0.461 e. The van der Waals surface area contributed by atoms with Gasteiger partial charge in [0.25, 0.3) is 27.8 Å². The van der Waals surface area contributed by atoms with Crippen molar-refractivity contribution >= 4 is 0 Å². The highest BCUT2D eigenvalue weighted by Gasteiger charge is 2.59. The molecule has 12 rings (SSSR count). The van der Waals surface area contributed by atoms with Gasteiger partial charge in [-0.05, 0) is 30.3 Å². The van der Waals surface area contributed by atoms with Crippen LogP contribution in [-0.2, 0) is 23.7 Å². The summed E-state index contributed by atoms with van der Waals surface area (Å²) in [6.45, 7) is 12.3. The standard InChI is InChI=1S/C13H19FN2O3.C12H15FN2O3.C11H14FN5O4.C11H12FN5O3.C11H15FN2O5/c1-4-13(5-2)8(3)10(14)11(19-13)16-7-6-9(17)15-12(16)18;1-3-12-6-17-11-14-8(16)4-5-15(11)10(18-12)9(13)7(12)2;1-6-8(12)9(17-3-2-7(19)15-10(17)20)21-11(6,5-18)4-14-16-13;1-6-8(12)9-17-3-2-7(18)15-10(17)19-5-11(6,20-9)4-14-16-13;1-6-8(12)9(19-11(6,4-15)5-16)14-3-2-7(17)13-10(14)18/h6-8,10-11H,4-5H2,1-3H3,(H,15,17,18);4-5,7,9-10H,3,6H2,1-2H3;2-3,6,8-9,18H,4-5H2,1H3,(H,15,19,20);2-3,6,8-9H,4-5H2,1H3;2-3,6,8-9,15-16H,4-5H2,1H3,(H,13,17,18)/t8-,10-,11+;7-,9-,10+,12+;2*6-,8-,9+,11+;6-,8-,9+/m00000/s1. The lowest BCUT2D eigenvalue weighted by Crippen LogP contribution is -2.45. The number of rotatable bonds is 13. The topological polar surface area (TPSA) is 457 Å². The molecule has 7 aliphatic heterocycles. The van der Waals surface area contributed by atoms with Crippen molar-refractivity contribution in [1.29, 1.82) is 0 Å². The molecule has 34 nitrogen and oxygen atoms in total. The number of nitrogens with one attached hydrogen (secondary N) is 3. The van der Waals surface area contributed by atoms with Gasteiger partial charge in [-0.15, -0.1) is 0 Å². The summed E-state index contributed by atoms with van der Waals surface area (Å²) in [5.41, 5.74) is 6.90. The Morgan fingerprint density at radius 2 is 0.784 bits per heavy atom. The smallest absolute Gasteiger partial charge is 0.330 e. The van der Waals surface area contributed by atoms with Gasteiger partial charge in [-0.2, -0.15) is 9.97 Å². The molecular weight excluding hydrogens is 1300 g/mol. The lowest BCUT2D eigenvalue weighted by Gasteiger charge is -2.30. The Labute approximate surface area is 544 Å². The molecule has 7 aliphatic rings. The molecule has 5 aromatic heterocycles. The number of aliphatic hydroxyl groups excluding tert-OH is 3. The van der Waals surface area contributed by atoms with Crippen molar-refractivity contribution < 1.29 is 70.4 Å². The maximum atomic E-state index is 14.5. The third-order valence-electron chi connectivity index (χ3n) is 19.5. The second-order valence-electron chi connectivity index (χ2n) is 24.4. The monoisotopic (exact) mass is 1380 g/mol. The van der Waals surface area contributed by atoms with Gasteiger partial charge in [0.2, 0.25) is 0 Å². The molecule has 39 heteroatoms. The zero-order valence-electron chi connectivity index (χ0n) is 53.7. The number of nitrogens with zero attached hydrogens (tertiary/aromatic N) is 13. The number of hydrogen-bond donors (Lipinski definition) is 6. The van der Waals surface area contributed by atoms with Crippen LogP contribution in [0.2, 0.25) is 0 Å². The summed E-state index contributed by atoms with van der Waals surface area (Å²) in [7, 11) is 0. The fourth-order valence-corrected chi connectivity index (χ4v) is 12.7. The van der Waals surface area contributed by atoms with Crippen LogP contribution in [0, 0.1) is 29.6 Å². The zero-order valence-corrected chi connectivity index (χ0v) is 53.7. The van der Waals surface area contributed by atoms with Crippen LogP contribution in [0.15, 0.2) is 110 Å². The molecule has 0 aromatic carbocycles. The first-order chi connectivity index (χ1) is 46.0. The summed E-state index contributed by atoms with van der Waals surface area (Å²) < 4.78 is 117. The van der Waals surface area contributed by atoms with Gasteiger partial charge in [-0.1, -0.05) is 65.6 Å². The molecule has 530 valence electrons. The maximum absolute atomic E-state index is 14.5. The Morgan fingerprint density at radius 3 is 1.14 bits per heavy atom. The summed E-state index contributed by atoms with van der Waals surface area (Å²) in [6, 6.07) is 5.98. The van der Waals surface area contributed by atoms with E-state index in [1.54, 1.807) is 13.8 Å². The third-order valence-corrected chi connectivity index (χ3v) is 19.5. The third kappa shape index (κ3) is 14.2. The predicted molar refractivity (Wildman–Crippen MR) is 327 cm³/mol. The second-order valence-corrected chi connectivity index (χ2v) is 24.4. The molecule has 0 saturated carbocycles. The number of H-pyrrole nitrogens is 3. The van der Waals surface area contributed by atoms with Crippen LogP contribution in [0.1, 0.15) is 106 Å². The lowest BCUT2D eigenvalue weighted by molar-refractivity contribution is -0.136. The van der Waals surface area contributed by atoms with Crippen molar-refractivity contribution in [2.75, 3.05) is 46.1 Å². The Balaban J connectivity index is 0.000000155. The minimum atomic E-state index is -1.62. The molecule has 6 N–H and O–H groups in total. The first kappa shape index (κ1) is 74.1. The van der Waals surface area contributed by atoms with E-state index in [0.29, 0.717) is 19.3 Å². The average Bonchev–Trinajstić information content (AvgIpc) is 1.62. The Morgan fingerprint density at radius 1 is 0.464 bits per heavy atom. The maximum Gasteiger partial charge on any atom is 0.330 e.